The maximum atomic E-state index is 11.5. The van der Waals surface area contributed by atoms with Crippen molar-refractivity contribution in [1.82, 2.24) is 4.98 Å². The van der Waals surface area contributed by atoms with Crippen LogP contribution in [0.4, 0.5) is 5.69 Å². The fraction of sp³-hybridized carbons (Fsp3) is 0.500. The zero-order valence-electron chi connectivity index (χ0n) is 10.7. The summed E-state index contributed by atoms with van der Waals surface area (Å²) in [6.07, 6.45) is 2.12. The number of hydrogen-bond donors (Lipinski definition) is 2. The SMILES string of the molecule is CC[C@H](N)C(=O)Nc1ccc(OCCOC)nc1. The number of hydrogen-bond acceptors (Lipinski definition) is 5. The van der Waals surface area contributed by atoms with Gasteiger partial charge in [0.15, 0.2) is 0 Å². The van der Waals surface area contributed by atoms with E-state index in [1.807, 2.05) is 6.92 Å². The summed E-state index contributed by atoms with van der Waals surface area (Å²) in [6.45, 7) is 2.80. The zero-order chi connectivity index (χ0) is 13.4. The van der Waals surface area contributed by atoms with E-state index in [0.717, 1.165) is 0 Å². The molecule has 100 valence electrons. The van der Waals surface area contributed by atoms with Crippen LogP contribution in [-0.2, 0) is 9.53 Å². The average molecular weight is 253 g/mol. The summed E-state index contributed by atoms with van der Waals surface area (Å²) in [5, 5.41) is 2.68. The Morgan fingerprint density at radius 3 is 2.83 bits per heavy atom. The first-order valence-corrected chi connectivity index (χ1v) is 5.81. The minimum absolute atomic E-state index is 0.215. The molecule has 1 aromatic rings. The van der Waals surface area contributed by atoms with E-state index in [-0.39, 0.29) is 5.91 Å². The van der Waals surface area contributed by atoms with Gasteiger partial charge in [0.05, 0.1) is 24.5 Å². The highest BCUT2D eigenvalue weighted by molar-refractivity contribution is 5.94. The number of methoxy groups -OCH3 is 1. The molecule has 0 aliphatic rings. The Hall–Kier alpha value is -1.66. The van der Waals surface area contributed by atoms with Crippen LogP contribution in [0, 0.1) is 0 Å². The van der Waals surface area contributed by atoms with Crippen LogP contribution in [0.25, 0.3) is 0 Å². The highest BCUT2D eigenvalue weighted by Gasteiger charge is 2.10. The molecule has 0 aliphatic carbocycles. The number of nitrogens with zero attached hydrogens (tertiary/aromatic N) is 1. The van der Waals surface area contributed by atoms with Gasteiger partial charge in [0.1, 0.15) is 6.61 Å². The van der Waals surface area contributed by atoms with E-state index >= 15 is 0 Å². The van der Waals surface area contributed by atoms with Crippen LogP contribution in [0.2, 0.25) is 0 Å². The predicted molar refractivity (Wildman–Crippen MR) is 68.5 cm³/mol. The Morgan fingerprint density at radius 1 is 1.50 bits per heavy atom. The van der Waals surface area contributed by atoms with Gasteiger partial charge in [-0.15, -0.1) is 0 Å². The van der Waals surface area contributed by atoms with Gasteiger partial charge in [0.2, 0.25) is 11.8 Å². The lowest BCUT2D eigenvalue weighted by molar-refractivity contribution is -0.117. The van der Waals surface area contributed by atoms with Crippen LogP contribution in [0.3, 0.4) is 0 Å². The third kappa shape index (κ3) is 4.68. The lowest BCUT2D eigenvalue weighted by Gasteiger charge is -2.10. The normalized spacial score (nSPS) is 11.9. The fourth-order valence-electron chi connectivity index (χ4n) is 1.19. The van der Waals surface area contributed by atoms with E-state index in [2.05, 4.69) is 10.3 Å². The molecule has 0 radical (unpaired) electrons. The van der Waals surface area contributed by atoms with Gasteiger partial charge in [0.25, 0.3) is 0 Å². The van der Waals surface area contributed by atoms with E-state index < -0.39 is 6.04 Å². The summed E-state index contributed by atoms with van der Waals surface area (Å²) in [7, 11) is 1.60. The molecule has 0 spiro atoms. The second kappa shape index (κ2) is 7.62. The summed E-state index contributed by atoms with van der Waals surface area (Å²) >= 11 is 0. The minimum Gasteiger partial charge on any atom is -0.475 e. The second-order valence-electron chi connectivity index (χ2n) is 3.73. The molecule has 18 heavy (non-hydrogen) atoms. The van der Waals surface area contributed by atoms with Crippen molar-refractivity contribution in [3.8, 4) is 5.88 Å². The summed E-state index contributed by atoms with van der Waals surface area (Å²) in [6, 6.07) is 2.90. The number of nitrogens with one attached hydrogen (secondary N) is 1. The monoisotopic (exact) mass is 253 g/mol. The number of carbonyl (C=O) groups is 1. The molecule has 0 aromatic carbocycles. The number of amides is 1. The van der Waals surface area contributed by atoms with E-state index in [0.29, 0.717) is 31.2 Å². The van der Waals surface area contributed by atoms with Crippen LogP contribution in [0.1, 0.15) is 13.3 Å². The minimum atomic E-state index is -0.498. The van der Waals surface area contributed by atoms with Gasteiger partial charge in [-0.25, -0.2) is 4.98 Å². The Kier molecular flexibility index (Phi) is 6.10. The summed E-state index contributed by atoms with van der Waals surface area (Å²) in [5.41, 5.74) is 6.20. The summed E-state index contributed by atoms with van der Waals surface area (Å²) < 4.78 is 10.2. The highest BCUT2D eigenvalue weighted by atomic mass is 16.5. The third-order valence-corrected chi connectivity index (χ3v) is 2.32. The van der Waals surface area contributed by atoms with Crippen molar-refractivity contribution in [3.63, 3.8) is 0 Å². The molecule has 1 amide bonds. The molecule has 1 atom stereocenters. The van der Waals surface area contributed by atoms with Crippen molar-refractivity contribution < 1.29 is 14.3 Å². The lowest BCUT2D eigenvalue weighted by atomic mass is 10.2. The molecule has 0 fully saturated rings. The van der Waals surface area contributed by atoms with Gasteiger partial charge in [-0.2, -0.15) is 0 Å². The standard InChI is InChI=1S/C12H19N3O3/c1-3-10(13)12(16)15-9-4-5-11(14-8-9)18-7-6-17-2/h4-5,8,10H,3,6-7,13H2,1-2H3,(H,15,16)/t10-/m0/s1. The quantitative estimate of drug-likeness (QED) is 0.701. The van der Waals surface area contributed by atoms with Crippen LogP contribution in [0.15, 0.2) is 18.3 Å². The van der Waals surface area contributed by atoms with E-state index in [1.165, 1.54) is 6.20 Å². The van der Waals surface area contributed by atoms with Crippen LogP contribution >= 0.6 is 0 Å². The molecule has 1 heterocycles. The Bertz CT molecular complexity index is 367. The molecule has 6 heteroatoms. The topological polar surface area (TPSA) is 86.5 Å². The van der Waals surface area contributed by atoms with Crippen molar-refractivity contribution in [3.05, 3.63) is 18.3 Å². The zero-order valence-corrected chi connectivity index (χ0v) is 10.7. The fourth-order valence-corrected chi connectivity index (χ4v) is 1.19. The molecular formula is C12H19N3O3. The van der Waals surface area contributed by atoms with Gasteiger partial charge in [-0.3, -0.25) is 4.79 Å². The first-order chi connectivity index (χ1) is 8.67. The molecule has 1 aromatic heterocycles. The molecule has 6 nitrogen and oxygen atoms in total. The van der Waals surface area contributed by atoms with Gasteiger partial charge < -0.3 is 20.5 Å². The number of aromatic nitrogens is 1. The second-order valence-corrected chi connectivity index (χ2v) is 3.73. The van der Waals surface area contributed by atoms with Crippen molar-refractivity contribution in [2.45, 2.75) is 19.4 Å². The average Bonchev–Trinajstić information content (AvgIpc) is 2.40. The highest BCUT2D eigenvalue weighted by Crippen LogP contribution is 2.11. The maximum absolute atomic E-state index is 11.5. The van der Waals surface area contributed by atoms with Crippen molar-refractivity contribution in [2.24, 2.45) is 5.73 Å². The molecular weight excluding hydrogens is 234 g/mol. The van der Waals surface area contributed by atoms with E-state index in [1.54, 1.807) is 19.2 Å². The molecule has 0 aliphatic heterocycles. The van der Waals surface area contributed by atoms with Crippen molar-refractivity contribution in [2.75, 3.05) is 25.6 Å². The molecule has 0 saturated heterocycles. The smallest absolute Gasteiger partial charge is 0.241 e. The summed E-state index contributed by atoms with van der Waals surface area (Å²) in [5.74, 6) is 0.275. The molecule has 0 unspecified atom stereocenters. The van der Waals surface area contributed by atoms with Crippen LogP contribution < -0.4 is 15.8 Å². The number of nitrogens with two attached hydrogens (primary N) is 1. The van der Waals surface area contributed by atoms with Gasteiger partial charge >= 0.3 is 0 Å². The Balaban J connectivity index is 2.47. The molecule has 0 saturated carbocycles. The van der Waals surface area contributed by atoms with Crippen LogP contribution in [0.5, 0.6) is 5.88 Å². The largest absolute Gasteiger partial charge is 0.475 e. The van der Waals surface area contributed by atoms with E-state index in [9.17, 15) is 4.79 Å². The van der Waals surface area contributed by atoms with Gasteiger partial charge in [-0.1, -0.05) is 6.92 Å². The summed E-state index contributed by atoms with van der Waals surface area (Å²) in [4.78, 5) is 15.6. The molecule has 3 N–H and O–H groups in total. The molecule has 0 bridgehead atoms. The number of ether oxygens (including phenoxy) is 2. The van der Waals surface area contributed by atoms with Gasteiger partial charge in [-0.05, 0) is 12.5 Å². The number of rotatable bonds is 7. The van der Waals surface area contributed by atoms with Crippen LogP contribution in [-0.4, -0.2) is 37.3 Å². The number of anilines is 1. The first-order valence-electron chi connectivity index (χ1n) is 5.81. The van der Waals surface area contributed by atoms with E-state index in [4.69, 9.17) is 15.2 Å². The van der Waals surface area contributed by atoms with Gasteiger partial charge in [0, 0.05) is 13.2 Å². The van der Waals surface area contributed by atoms with Crippen molar-refractivity contribution >= 4 is 11.6 Å². The number of carbonyl (C=O) groups excluding carboxylic acids is 1. The predicted octanol–water partition coefficient (Wildman–Crippen LogP) is 0.783. The Morgan fingerprint density at radius 2 is 2.28 bits per heavy atom. The van der Waals surface area contributed by atoms with Crippen molar-refractivity contribution in [1.29, 1.82) is 0 Å². The number of pyridine rings is 1. The molecule has 1 rings (SSSR count). The lowest BCUT2D eigenvalue weighted by Crippen LogP contribution is -2.34. The Labute approximate surface area is 106 Å². The maximum Gasteiger partial charge on any atom is 0.241 e. The third-order valence-electron chi connectivity index (χ3n) is 2.32. The first kappa shape index (κ1) is 14.4.